The summed E-state index contributed by atoms with van der Waals surface area (Å²) < 4.78 is 13.0. The van der Waals surface area contributed by atoms with Gasteiger partial charge in [-0.1, -0.05) is 0 Å². The third kappa shape index (κ3) is 3.19. The Hall–Kier alpha value is -2.61. The van der Waals surface area contributed by atoms with Gasteiger partial charge in [-0.05, 0) is 31.2 Å². The summed E-state index contributed by atoms with van der Waals surface area (Å²) in [6.07, 6.45) is 3.36. The molecule has 1 heterocycles. The molecule has 0 saturated heterocycles. The number of nitrogens with zero attached hydrogens (tertiary/aromatic N) is 2. The average molecular weight is 256 g/mol. The van der Waals surface area contributed by atoms with Gasteiger partial charge in [0.25, 0.3) is 0 Å². The lowest BCUT2D eigenvalue weighted by atomic mass is 10.2. The number of nitrogens with one attached hydrogen (secondary N) is 2. The van der Waals surface area contributed by atoms with Crippen molar-refractivity contribution in [3.05, 3.63) is 48.0 Å². The summed E-state index contributed by atoms with van der Waals surface area (Å²) in [6.45, 7) is 2.79. The molecule has 0 atom stereocenters. The molecule has 0 aliphatic heterocycles. The van der Waals surface area contributed by atoms with Gasteiger partial charge in [0.1, 0.15) is 11.9 Å². The van der Waals surface area contributed by atoms with Crippen LogP contribution in [-0.2, 0) is 0 Å². The van der Waals surface area contributed by atoms with E-state index in [9.17, 15) is 4.39 Å². The number of anilines is 3. The molecule has 0 unspecified atom stereocenters. The molecule has 19 heavy (non-hydrogen) atoms. The molecule has 2 aromatic rings. The summed E-state index contributed by atoms with van der Waals surface area (Å²) in [4.78, 5) is 4.09. The molecule has 96 valence electrons. The molecular formula is C14H13FN4. The molecule has 0 aliphatic rings. The molecule has 0 bridgehead atoms. The zero-order chi connectivity index (χ0) is 13.7. The minimum absolute atomic E-state index is 0.258. The number of rotatable bonds is 4. The van der Waals surface area contributed by atoms with Crippen molar-refractivity contribution in [3.8, 4) is 6.07 Å². The number of hydrogen-bond donors (Lipinski definition) is 2. The van der Waals surface area contributed by atoms with E-state index in [1.165, 1.54) is 18.2 Å². The highest BCUT2D eigenvalue weighted by atomic mass is 19.1. The molecule has 1 aromatic carbocycles. The van der Waals surface area contributed by atoms with Gasteiger partial charge in [-0.2, -0.15) is 5.26 Å². The topological polar surface area (TPSA) is 60.7 Å². The van der Waals surface area contributed by atoms with Gasteiger partial charge in [0.15, 0.2) is 0 Å². The molecule has 5 heteroatoms. The van der Waals surface area contributed by atoms with Crippen LogP contribution in [-0.4, -0.2) is 11.5 Å². The van der Waals surface area contributed by atoms with Gasteiger partial charge in [-0.3, -0.25) is 4.98 Å². The molecule has 0 aliphatic carbocycles. The number of pyridine rings is 1. The van der Waals surface area contributed by atoms with Gasteiger partial charge < -0.3 is 10.6 Å². The van der Waals surface area contributed by atoms with E-state index >= 15 is 0 Å². The summed E-state index contributed by atoms with van der Waals surface area (Å²) >= 11 is 0. The molecule has 4 nitrogen and oxygen atoms in total. The lowest BCUT2D eigenvalue weighted by Crippen LogP contribution is -1.99. The zero-order valence-electron chi connectivity index (χ0n) is 10.4. The van der Waals surface area contributed by atoms with Crippen LogP contribution >= 0.6 is 0 Å². The van der Waals surface area contributed by atoms with Crippen LogP contribution in [0.4, 0.5) is 21.5 Å². The SMILES string of the molecule is CCNc1cncc(Nc2ccc(F)cc2C#N)c1. The van der Waals surface area contributed by atoms with Crippen LogP contribution in [0, 0.1) is 17.1 Å². The number of nitriles is 1. The van der Waals surface area contributed by atoms with Gasteiger partial charge in [0.05, 0.1) is 35.0 Å². The smallest absolute Gasteiger partial charge is 0.124 e. The predicted octanol–water partition coefficient (Wildman–Crippen LogP) is 3.27. The van der Waals surface area contributed by atoms with Crippen LogP contribution in [0.15, 0.2) is 36.7 Å². The van der Waals surface area contributed by atoms with Crippen LogP contribution in [0.25, 0.3) is 0 Å². The Morgan fingerprint density at radius 2 is 2.05 bits per heavy atom. The lowest BCUT2D eigenvalue weighted by molar-refractivity contribution is 0.627. The quantitative estimate of drug-likeness (QED) is 0.881. The Balaban J connectivity index is 2.26. The normalized spacial score (nSPS) is 9.74. The van der Waals surface area contributed by atoms with Crippen molar-refractivity contribution >= 4 is 17.1 Å². The van der Waals surface area contributed by atoms with E-state index in [-0.39, 0.29) is 5.56 Å². The highest BCUT2D eigenvalue weighted by molar-refractivity contribution is 5.68. The molecule has 0 spiro atoms. The second kappa shape index (κ2) is 5.83. The zero-order valence-corrected chi connectivity index (χ0v) is 10.4. The minimum atomic E-state index is -0.429. The maximum atomic E-state index is 13.0. The molecule has 2 N–H and O–H groups in total. The Labute approximate surface area is 110 Å². The first-order valence-electron chi connectivity index (χ1n) is 5.88. The number of aromatic nitrogens is 1. The van der Waals surface area contributed by atoms with Gasteiger partial charge in [-0.15, -0.1) is 0 Å². The molecule has 1 aromatic heterocycles. The fraction of sp³-hybridized carbons (Fsp3) is 0.143. The van der Waals surface area contributed by atoms with E-state index in [2.05, 4.69) is 15.6 Å². The second-order valence-corrected chi connectivity index (χ2v) is 3.92. The third-order valence-electron chi connectivity index (χ3n) is 2.50. The molecular weight excluding hydrogens is 243 g/mol. The Bertz CT molecular complexity index is 619. The van der Waals surface area contributed by atoms with Crippen LogP contribution in [0.5, 0.6) is 0 Å². The van der Waals surface area contributed by atoms with Crippen molar-refractivity contribution in [2.75, 3.05) is 17.2 Å². The summed E-state index contributed by atoms with van der Waals surface area (Å²) in [6, 6.07) is 7.88. The van der Waals surface area contributed by atoms with Gasteiger partial charge in [0, 0.05) is 6.54 Å². The van der Waals surface area contributed by atoms with Crippen LogP contribution in [0.3, 0.4) is 0 Å². The standard InChI is InChI=1S/C14H13FN4/c1-2-18-12-6-13(9-17-8-12)19-14-4-3-11(15)5-10(14)7-16/h3-6,8-9,18-19H,2H2,1H3. The third-order valence-corrected chi connectivity index (χ3v) is 2.50. The second-order valence-electron chi connectivity index (χ2n) is 3.92. The number of hydrogen-bond acceptors (Lipinski definition) is 4. The maximum absolute atomic E-state index is 13.0. The highest BCUT2D eigenvalue weighted by Crippen LogP contribution is 2.22. The summed E-state index contributed by atoms with van der Waals surface area (Å²) in [5, 5.41) is 15.2. The molecule has 0 saturated carbocycles. The van der Waals surface area contributed by atoms with E-state index in [0.29, 0.717) is 5.69 Å². The fourth-order valence-corrected chi connectivity index (χ4v) is 1.68. The number of benzene rings is 1. The van der Waals surface area contributed by atoms with Crippen molar-refractivity contribution in [1.29, 1.82) is 5.26 Å². The van der Waals surface area contributed by atoms with Crippen molar-refractivity contribution in [3.63, 3.8) is 0 Å². The largest absolute Gasteiger partial charge is 0.384 e. The van der Waals surface area contributed by atoms with E-state index in [1.54, 1.807) is 12.4 Å². The monoisotopic (exact) mass is 256 g/mol. The summed E-state index contributed by atoms with van der Waals surface area (Å²) in [5.74, 6) is -0.429. The first-order valence-corrected chi connectivity index (χ1v) is 5.88. The molecule has 0 amide bonds. The van der Waals surface area contributed by atoms with E-state index in [4.69, 9.17) is 5.26 Å². The Morgan fingerprint density at radius 3 is 2.79 bits per heavy atom. The highest BCUT2D eigenvalue weighted by Gasteiger charge is 2.04. The summed E-state index contributed by atoms with van der Waals surface area (Å²) in [5.41, 5.74) is 2.43. The fourth-order valence-electron chi connectivity index (χ4n) is 1.68. The number of halogens is 1. The van der Waals surface area contributed by atoms with E-state index in [0.717, 1.165) is 17.9 Å². The van der Waals surface area contributed by atoms with Gasteiger partial charge in [-0.25, -0.2) is 4.39 Å². The summed E-state index contributed by atoms with van der Waals surface area (Å²) in [7, 11) is 0. The Morgan fingerprint density at radius 1 is 1.26 bits per heavy atom. The van der Waals surface area contributed by atoms with Crippen molar-refractivity contribution in [2.45, 2.75) is 6.92 Å². The first-order chi connectivity index (χ1) is 9.22. The van der Waals surface area contributed by atoms with Gasteiger partial charge >= 0.3 is 0 Å². The predicted molar refractivity (Wildman–Crippen MR) is 72.8 cm³/mol. The average Bonchev–Trinajstić information content (AvgIpc) is 2.41. The van der Waals surface area contributed by atoms with Crippen molar-refractivity contribution < 1.29 is 4.39 Å². The molecule has 0 radical (unpaired) electrons. The van der Waals surface area contributed by atoms with E-state index < -0.39 is 5.82 Å². The Kier molecular flexibility index (Phi) is 3.94. The van der Waals surface area contributed by atoms with Crippen molar-refractivity contribution in [1.82, 2.24) is 4.98 Å². The van der Waals surface area contributed by atoms with Gasteiger partial charge in [0.2, 0.25) is 0 Å². The minimum Gasteiger partial charge on any atom is -0.384 e. The van der Waals surface area contributed by atoms with Crippen molar-refractivity contribution in [2.24, 2.45) is 0 Å². The van der Waals surface area contributed by atoms with E-state index in [1.807, 2.05) is 19.1 Å². The maximum Gasteiger partial charge on any atom is 0.124 e. The van der Waals surface area contributed by atoms with Crippen LogP contribution < -0.4 is 10.6 Å². The van der Waals surface area contributed by atoms with Crippen LogP contribution in [0.2, 0.25) is 0 Å². The molecule has 2 rings (SSSR count). The van der Waals surface area contributed by atoms with Crippen LogP contribution in [0.1, 0.15) is 12.5 Å². The molecule has 0 fully saturated rings. The first kappa shape index (κ1) is 12.8. The lowest BCUT2D eigenvalue weighted by Gasteiger charge is -2.09.